The first-order chi connectivity index (χ1) is 37.5. The topological polar surface area (TPSA) is 24.0 Å². The van der Waals surface area contributed by atoms with Crippen LogP contribution >= 0.6 is 0 Å². The first-order valence-corrected chi connectivity index (χ1v) is 22.7. The van der Waals surface area contributed by atoms with Crippen LogP contribution in [0.2, 0.25) is 0 Å². The minimum atomic E-state index is -0.467. The molecule has 68 heavy (non-hydrogen) atoms. The molecule has 0 radical (unpaired) electrons. The van der Waals surface area contributed by atoms with Crippen LogP contribution < -0.4 is 9.80 Å². The second kappa shape index (κ2) is 14.4. The first kappa shape index (κ1) is 29.8. The summed E-state index contributed by atoms with van der Waals surface area (Å²) in [5.74, 6) is 0. The van der Waals surface area contributed by atoms with E-state index in [-0.39, 0.29) is 41.0 Å². The fourth-order valence-electron chi connectivity index (χ4n) is 10.5. The highest BCUT2D eigenvalue weighted by Gasteiger charge is 2.25. The van der Waals surface area contributed by atoms with Crippen molar-refractivity contribution in [3.8, 4) is 0 Å². The zero-order chi connectivity index (χ0) is 54.0. The molecule has 14 rings (SSSR count). The lowest BCUT2D eigenvalue weighted by molar-refractivity contribution is 0.592. The maximum absolute atomic E-state index is 9.22. The summed E-state index contributed by atoms with van der Waals surface area (Å²) < 4.78 is 97.2. The molecule has 0 atom stereocenters. The molecule has 0 aliphatic rings. The molecule has 0 saturated heterocycles. The van der Waals surface area contributed by atoms with Crippen molar-refractivity contribution in [2.24, 2.45) is 0 Å². The summed E-state index contributed by atoms with van der Waals surface area (Å²) in [5, 5.41) is 11.8. The molecule has 0 fully saturated rings. The number of rotatable bonds is 6. The second-order valence-electron chi connectivity index (χ2n) is 18.7. The lowest BCUT2D eigenvalue weighted by atomic mass is 9.85. The van der Waals surface area contributed by atoms with E-state index >= 15 is 0 Å². The van der Waals surface area contributed by atoms with E-state index in [0.29, 0.717) is 33.9 Å². The van der Waals surface area contributed by atoms with E-state index in [9.17, 15) is 2.74 Å². The van der Waals surface area contributed by atoms with Crippen molar-refractivity contribution < 1.29 is 18.1 Å². The highest BCUT2D eigenvalue weighted by atomic mass is 16.3. The number of hydrogen-bond acceptors (Lipinski definition) is 3. The average Bonchev–Trinajstić information content (AvgIpc) is 4.20. The lowest BCUT2D eigenvalue weighted by Crippen LogP contribution is -2.10. The molecule has 14 aromatic rings. The van der Waals surface area contributed by atoms with Gasteiger partial charge in [-0.05, 0) is 146 Å². The van der Waals surface area contributed by atoms with Gasteiger partial charge in [0, 0.05) is 72.5 Å². The molecule has 0 amide bonds. The number of hydrogen-bond donors (Lipinski definition) is 0. The van der Waals surface area contributed by atoms with Gasteiger partial charge in [0.1, 0.15) is 11.2 Å². The molecule has 0 aliphatic carbocycles. The molecule has 0 aliphatic heterocycles. The molecule has 3 aromatic heterocycles. The van der Waals surface area contributed by atoms with Gasteiger partial charge in [-0.15, -0.1) is 0 Å². The summed E-state index contributed by atoms with van der Waals surface area (Å²) in [6.45, 7) is 6.64. The Balaban J connectivity index is 1.00. The molecule has 4 heteroatoms. The number of aromatic nitrogens is 1. The van der Waals surface area contributed by atoms with E-state index in [2.05, 4.69) is 67.6 Å². The summed E-state index contributed by atoms with van der Waals surface area (Å²) in [7, 11) is 0. The Hall–Kier alpha value is -8.60. The van der Waals surface area contributed by atoms with Crippen molar-refractivity contribution in [1.29, 1.82) is 0 Å². The van der Waals surface area contributed by atoms with E-state index < -0.39 is 36.3 Å². The Labute approximate surface area is 407 Å². The van der Waals surface area contributed by atoms with E-state index in [1.54, 1.807) is 9.80 Å². The molecule has 4 nitrogen and oxygen atoms in total. The Kier molecular flexibility index (Phi) is 6.34. The quantitative estimate of drug-likeness (QED) is 0.166. The number of fused-ring (bicyclic) bond motifs is 13. The number of anilines is 6. The summed E-state index contributed by atoms with van der Waals surface area (Å²) in [5.41, 5.74) is 7.59. The van der Waals surface area contributed by atoms with Crippen LogP contribution in [0.25, 0.3) is 92.4 Å². The molecular weight excluding hydrogens is 827 g/mol. The molecule has 0 bridgehead atoms. The largest absolute Gasteiger partial charge is 0.456 e. The van der Waals surface area contributed by atoms with E-state index in [1.807, 2.05) is 115 Å². The molecule has 322 valence electrons. The SMILES string of the molecule is [2H]c1c([2H])c([2H])c(N(c2ccc3ccccc3c2)c2ccc3c(c2)oc2ccc4cc5c(cc4c23)c2cc(C(C)(C)C)cc3c4ccc(N(c6ccc7ccccc7c6)c6c([2H])c([2H])c([2H])c([2H])c6[2H])cc4n5c32)c([2H])c1[2H]. The van der Waals surface area contributed by atoms with Crippen molar-refractivity contribution in [2.75, 3.05) is 9.80 Å². The van der Waals surface area contributed by atoms with Gasteiger partial charge >= 0.3 is 0 Å². The molecule has 0 saturated carbocycles. The minimum absolute atomic E-state index is 0.0237. The Bertz CT molecular complexity index is 4880. The molecule has 0 N–H and O–H groups in total. The number of nitrogens with zero attached hydrogens (tertiary/aromatic N) is 3. The highest BCUT2D eigenvalue weighted by molar-refractivity contribution is 6.28. The van der Waals surface area contributed by atoms with Crippen LogP contribution in [0, 0.1) is 0 Å². The van der Waals surface area contributed by atoms with Crippen molar-refractivity contribution in [1.82, 2.24) is 4.40 Å². The maximum atomic E-state index is 9.22. The van der Waals surface area contributed by atoms with Crippen LogP contribution in [0.5, 0.6) is 0 Å². The van der Waals surface area contributed by atoms with Crippen molar-refractivity contribution in [2.45, 2.75) is 26.2 Å². The van der Waals surface area contributed by atoms with E-state index in [4.69, 9.17) is 15.4 Å². The van der Waals surface area contributed by atoms with Crippen molar-refractivity contribution >= 4 is 126 Å². The Morgan fingerprint density at radius 1 is 0.397 bits per heavy atom. The van der Waals surface area contributed by atoms with Gasteiger partial charge in [-0.2, -0.15) is 0 Å². The third-order valence-corrected chi connectivity index (χ3v) is 13.7. The summed E-state index contributed by atoms with van der Waals surface area (Å²) in [6.07, 6.45) is 0. The normalized spacial score (nSPS) is 14.4. The minimum Gasteiger partial charge on any atom is -0.456 e. The first-order valence-electron chi connectivity index (χ1n) is 27.7. The average molecular weight is 882 g/mol. The third-order valence-electron chi connectivity index (χ3n) is 13.7. The molecule has 3 heterocycles. The van der Waals surface area contributed by atoms with E-state index in [0.717, 1.165) is 86.7 Å². The Morgan fingerprint density at radius 3 is 1.53 bits per heavy atom. The molecule has 0 spiro atoms. The van der Waals surface area contributed by atoms with Gasteiger partial charge < -0.3 is 18.6 Å². The Morgan fingerprint density at radius 2 is 0.912 bits per heavy atom. The molecular formula is C64H45N3O. The fraction of sp³-hybridized carbons (Fsp3) is 0.0625. The van der Waals surface area contributed by atoms with Gasteiger partial charge in [-0.3, -0.25) is 0 Å². The number of furan rings is 1. The second-order valence-corrected chi connectivity index (χ2v) is 18.7. The summed E-state index contributed by atoms with van der Waals surface area (Å²) >= 11 is 0. The van der Waals surface area contributed by atoms with Crippen LogP contribution in [-0.2, 0) is 5.41 Å². The monoisotopic (exact) mass is 881 g/mol. The van der Waals surface area contributed by atoms with Gasteiger partial charge in [0.2, 0.25) is 0 Å². The zero-order valence-electron chi connectivity index (χ0n) is 47.3. The van der Waals surface area contributed by atoms with Gasteiger partial charge in [0.05, 0.1) is 30.3 Å². The fourth-order valence-corrected chi connectivity index (χ4v) is 10.5. The third kappa shape index (κ3) is 5.87. The summed E-state index contributed by atoms with van der Waals surface area (Å²) in [4.78, 5) is 3.50. The van der Waals surface area contributed by atoms with E-state index in [1.165, 1.54) is 0 Å². The van der Waals surface area contributed by atoms with Crippen LogP contribution in [0.1, 0.15) is 40.0 Å². The summed E-state index contributed by atoms with van der Waals surface area (Å²) in [6, 6.07) is 48.7. The highest BCUT2D eigenvalue weighted by Crippen LogP contribution is 2.47. The van der Waals surface area contributed by atoms with Crippen LogP contribution in [-0.4, -0.2) is 4.40 Å². The standard InChI is InChI=1S/C64H45N3O/c1-64(2,3)45-35-56-52-29-27-50(65(46-18-6-4-7-19-46)48-25-22-40-14-10-12-16-42(40)32-48)37-59(52)67-58-34-44-24-31-60-62(54(44)39-55(58)57(36-45)63(56)67)53-30-28-51(38-61(53)68-60)66(47-20-8-5-9-21-47)49-26-23-41-15-11-13-17-43(41)33-49/h4-39H,1-3H3/i4D,5D,6D,7D,8D,9D,18D,19D,20D,21D. The predicted octanol–water partition coefficient (Wildman–Crippen LogP) is 18.4. The molecule has 0 unspecified atom stereocenters. The molecule has 11 aromatic carbocycles. The number of benzene rings is 11. The smallest absolute Gasteiger partial charge is 0.137 e. The van der Waals surface area contributed by atoms with Gasteiger partial charge in [0.25, 0.3) is 0 Å². The van der Waals surface area contributed by atoms with Crippen molar-refractivity contribution in [3.63, 3.8) is 0 Å². The van der Waals surface area contributed by atoms with Gasteiger partial charge in [-0.25, -0.2) is 0 Å². The van der Waals surface area contributed by atoms with Crippen LogP contribution in [0.3, 0.4) is 0 Å². The van der Waals surface area contributed by atoms with Crippen LogP contribution in [0.15, 0.2) is 223 Å². The van der Waals surface area contributed by atoms with Gasteiger partial charge in [0.15, 0.2) is 0 Å². The predicted molar refractivity (Wildman–Crippen MR) is 289 cm³/mol. The maximum Gasteiger partial charge on any atom is 0.137 e. The lowest BCUT2D eigenvalue weighted by Gasteiger charge is -2.26. The van der Waals surface area contributed by atoms with Crippen molar-refractivity contribution in [3.05, 3.63) is 224 Å². The zero-order valence-corrected chi connectivity index (χ0v) is 37.3. The van der Waals surface area contributed by atoms with Crippen LogP contribution in [0.4, 0.5) is 34.1 Å². The number of para-hydroxylation sites is 2. The van der Waals surface area contributed by atoms with Gasteiger partial charge in [-0.1, -0.05) is 130 Å².